The van der Waals surface area contributed by atoms with Gasteiger partial charge in [0.25, 0.3) is 0 Å². The number of ether oxygens (including phenoxy) is 1. The molecule has 3 heteroatoms. The number of piperidine rings is 1. The van der Waals surface area contributed by atoms with Crippen LogP contribution in [0.2, 0.25) is 0 Å². The Labute approximate surface area is 98.2 Å². The van der Waals surface area contributed by atoms with E-state index in [0.717, 1.165) is 18.8 Å². The summed E-state index contributed by atoms with van der Waals surface area (Å²) in [4.78, 5) is 0. The maximum absolute atomic E-state index is 5.87. The van der Waals surface area contributed by atoms with Gasteiger partial charge in [-0.3, -0.25) is 0 Å². The molecule has 1 aromatic rings. The van der Waals surface area contributed by atoms with Crippen molar-refractivity contribution >= 4 is 22.6 Å². The van der Waals surface area contributed by atoms with Crippen molar-refractivity contribution in [3.05, 3.63) is 27.8 Å². The molecule has 1 unspecified atom stereocenters. The summed E-state index contributed by atoms with van der Waals surface area (Å²) in [5.74, 6) is 0.991. The lowest BCUT2D eigenvalue weighted by atomic mass is 10.1. The van der Waals surface area contributed by atoms with Gasteiger partial charge >= 0.3 is 0 Å². The Hall–Kier alpha value is -0.290. The summed E-state index contributed by atoms with van der Waals surface area (Å²) < 4.78 is 7.09. The molecule has 1 saturated heterocycles. The van der Waals surface area contributed by atoms with Crippen molar-refractivity contribution in [1.82, 2.24) is 5.32 Å². The standard InChI is InChI=1S/C11H14INO/c12-9-3-1-4-10(7-9)14-11-5-2-6-13-8-11/h1,3-4,7,11,13H,2,5-6,8H2. The third-order valence-electron chi connectivity index (χ3n) is 2.35. The molecular weight excluding hydrogens is 289 g/mol. The van der Waals surface area contributed by atoms with E-state index in [1.807, 2.05) is 12.1 Å². The van der Waals surface area contributed by atoms with Gasteiger partial charge in [0, 0.05) is 10.1 Å². The molecule has 1 aliphatic rings. The van der Waals surface area contributed by atoms with E-state index in [1.165, 1.54) is 16.4 Å². The van der Waals surface area contributed by atoms with Crippen LogP contribution in [0.4, 0.5) is 0 Å². The van der Waals surface area contributed by atoms with Crippen molar-refractivity contribution in [2.45, 2.75) is 18.9 Å². The highest BCUT2D eigenvalue weighted by Crippen LogP contribution is 2.18. The molecule has 1 aliphatic heterocycles. The second kappa shape index (κ2) is 4.98. The van der Waals surface area contributed by atoms with Gasteiger partial charge in [0.1, 0.15) is 11.9 Å². The lowest BCUT2D eigenvalue weighted by Gasteiger charge is -2.23. The van der Waals surface area contributed by atoms with Gasteiger partial charge in [-0.2, -0.15) is 0 Å². The number of nitrogens with one attached hydrogen (secondary N) is 1. The van der Waals surface area contributed by atoms with Gasteiger partial charge in [-0.25, -0.2) is 0 Å². The summed E-state index contributed by atoms with van der Waals surface area (Å²) >= 11 is 2.30. The topological polar surface area (TPSA) is 21.3 Å². The van der Waals surface area contributed by atoms with Gasteiger partial charge in [0.05, 0.1) is 0 Å². The molecule has 2 nitrogen and oxygen atoms in total. The van der Waals surface area contributed by atoms with Crippen molar-refractivity contribution in [3.8, 4) is 5.75 Å². The summed E-state index contributed by atoms with van der Waals surface area (Å²) in [6.07, 6.45) is 2.73. The van der Waals surface area contributed by atoms with E-state index >= 15 is 0 Å². The van der Waals surface area contributed by atoms with Gasteiger partial charge in [0.2, 0.25) is 0 Å². The number of benzene rings is 1. The fraction of sp³-hybridized carbons (Fsp3) is 0.455. The second-order valence-corrected chi connectivity index (χ2v) is 4.79. The smallest absolute Gasteiger partial charge is 0.120 e. The van der Waals surface area contributed by atoms with Crippen LogP contribution in [0.3, 0.4) is 0 Å². The van der Waals surface area contributed by atoms with Gasteiger partial charge in [0.15, 0.2) is 0 Å². The van der Waals surface area contributed by atoms with Crippen LogP contribution in [0, 0.1) is 3.57 Å². The van der Waals surface area contributed by atoms with Crippen molar-refractivity contribution in [2.75, 3.05) is 13.1 Å². The van der Waals surface area contributed by atoms with Gasteiger partial charge in [-0.05, 0) is 60.2 Å². The zero-order chi connectivity index (χ0) is 9.80. The summed E-state index contributed by atoms with van der Waals surface area (Å²) in [6, 6.07) is 8.21. The molecule has 0 bridgehead atoms. The molecule has 14 heavy (non-hydrogen) atoms. The van der Waals surface area contributed by atoms with Crippen LogP contribution in [0.25, 0.3) is 0 Å². The number of halogens is 1. The Bertz CT molecular complexity index is 297. The van der Waals surface area contributed by atoms with Crippen molar-refractivity contribution in [3.63, 3.8) is 0 Å². The van der Waals surface area contributed by atoms with E-state index in [1.54, 1.807) is 0 Å². The Balaban J connectivity index is 1.95. The van der Waals surface area contributed by atoms with E-state index in [-0.39, 0.29) is 0 Å². The highest BCUT2D eigenvalue weighted by molar-refractivity contribution is 14.1. The molecule has 0 aromatic heterocycles. The molecule has 1 fully saturated rings. The van der Waals surface area contributed by atoms with Crippen LogP contribution in [0.5, 0.6) is 5.75 Å². The molecule has 1 N–H and O–H groups in total. The van der Waals surface area contributed by atoms with Gasteiger partial charge < -0.3 is 10.1 Å². The Morgan fingerprint density at radius 2 is 2.36 bits per heavy atom. The van der Waals surface area contributed by atoms with Crippen LogP contribution in [0.1, 0.15) is 12.8 Å². The Morgan fingerprint density at radius 1 is 1.43 bits per heavy atom. The van der Waals surface area contributed by atoms with E-state index in [0.29, 0.717) is 6.10 Å². The van der Waals surface area contributed by atoms with E-state index in [9.17, 15) is 0 Å². The number of hydrogen-bond donors (Lipinski definition) is 1. The maximum atomic E-state index is 5.87. The monoisotopic (exact) mass is 303 g/mol. The average Bonchev–Trinajstić information content (AvgIpc) is 2.19. The van der Waals surface area contributed by atoms with Gasteiger partial charge in [-0.15, -0.1) is 0 Å². The summed E-state index contributed by atoms with van der Waals surface area (Å²) in [6.45, 7) is 2.11. The molecule has 0 saturated carbocycles. The molecule has 1 heterocycles. The largest absolute Gasteiger partial charge is 0.489 e. The predicted molar refractivity (Wildman–Crippen MR) is 65.7 cm³/mol. The second-order valence-electron chi connectivity index (χ2n) is 3.54. The van der Waals surface area contributed by atoms with Crippen molar-refractivity contribution < 1.29 is 4.74 Å². The number of hydrogen-bond acceptors (Lipinski definition) is 2. The quantitative estimate of drug-likeness (QED) is 0.847. The molecule has 1 aromatic carbocycles. The minimum Gasteiger partial charge on any atom is -0.489 e. The summed E-state index contributed by atoms with van der Waals surface area (Å²) in [7, 11) is 0. The normalized spacial score (nSPS) is 21.9. The third-order valence-corrected chi connectivity index (χ3v) is 3.02. The average molecular weight is 303 g/mol. The SMILES string of the molecule is Ic1cccc(OC2CCCNC2)c1. The minimum atomic E-state index is 0.349. The highest BCUT2D eigenvalue weighted by Gasteiger charge is 2.13. The third kappa shape index (κ3) is 2.85. The molecule has 0 aliphatic carbocycles. The van der Waals surface area contributed by atoms with Crippen LogP contribution in [-0.2, 0) is 0 Å². The first kappa shape index (κ1) is 10.2. The van der Waals surface area contributed by atoms with E-state index in [4.69, 9.17) is 4.74 Å². The van der Waals surface area contributed by atoms with E-state index in [2.05, 4.69) is 40.0 Å². The maximum Gasteiger partial charge on any atom is 0.120 e. The zero-order valence-electron chi connectivity index (χ0n) is 8.00. The first-order valence-corrected chi connectivity index (χ1v) is 6.05. The van der Waals surface area contributed by atoms with Crippen LogP contribution in [-0.4, -0.2) is 19.2 Å². The first-order chi connectivity index (χ1) is 6.84. The summed E-state index contributed by atoms with van der Waals surface area (Å²) in [5, 5.41) is 3.34. The fourth-order valence-corrected chi connectivity index (χ4v) is 2.17. The summed E-state index contributed by atoms with van der Waals surface area (Å²) in [5.41, 5.74) is 0. The van der Waals surface area contributed by atoms with Crippen LogP contribution < -0.4 is 10.1 Å². The van der Waals surface area contributed by atoms with Gasteiger partial charge in [-0.1, -0.05) is 6.07 Å². The lowest BCUT2D eigenvalue weighted by Crippen LogP contribution is -2.37. The van der Waals surface area contributed by atoms with Crippen molar-refractivity contribution in [2.24, 2.45) is 0 Å². The van der Waals surface area contributed by atoms with E-state index < -0.39 is 0 Å². The highest BCUT2D eigenvalue weighted by atomic mass is 127. The Morgan fingerprint density at radius 3 is 3.07 bits per heavy atom. The molecule has 1 atom stereocenters. The number of rotatable bonds is 2. The minimum absolute atomic E-state index is 0.349. The lowest BCUT2D eigenvalue weighted by molar-refractivity contribution is 0.167. The van der Waals surface area contributed by atoms with Crippen LogP contribution >= 0.6 is 22.6 Å². The van der Waals surface area contributed by atoms with Crippen LogP contribution in [0.15, 0.2) is 24.3 Å². The molecule has 0 amide bonds. The molecule has 76 valence electrons. The van der Waals surface area contributed by atoms with Crippen molar-refractivity contribution in [1.29, 1.82) is 0 Å². The zero-order valence-corrected chi connectivity index (χ0v) is 10.2. The first-order valence-electron chi connectivity index (χ1n) is 4.97. The molecule has 0 radical (unpaired) electrons. The fourth-order valence-electron chi connectivity index (χ4n) is 1.65. The Kier molecular flexibility index (Phi) is 3.64. The molecule has 2 rings (SSSR count). The predicted octanol–water partition coefficient (Wildman–Crippen LogP) is 2.42. The molecular formula is C11H14INO. The molecule has 0 spiro atoms.